The summed E-state index contributed by atoms with van der Waals surface area (Å²) in [6, 6.07) is 8.70. The zero-order chi connectivity index (χ0) is 15.1. The van der Waals surface area contributed by atoms with Crippen LogP contribution in [0.4, 0.5) is 0 Å². The summed E-state index contributed by atoms with van der Waals surface area (Å²) in [5, 5.41) is 9.61. The highest BCUT2D eigenvalue weighted by Crippen LogP contribution is 2.36. The van der Waals surface area contributed by atoms with E-state index in [1.807, 2.05) is 0 Å². The van der Waals surface area contributed by atoms with E-state index in [1.165, 1.54) is 0 Å². The summed E-state index contributed by atoms with van der Waals surface area (Å²) >= 11 is 3.29. The van der Waals surface area contributed by atoms with Crippen molar-refractivity contribution < 1.29 is 8.42 Å². The van der Waals surface area contributed by atoms with Crippen LogP contribution in [0.5, 0.6) is 0 Å². The van der Waals surface area contributed by atoms with E-state index in [2.05, 4.69) is 31.6 Å². The van der Waals surface area contributed by atoms with Gasteiger partial charge in [-0.1, -0.05) is 15.9 Å². The van der Waals surface area contributed by atoms with E-state index in [0.29, 0.717) is 6.54 Å². The van der Waals surface area contributed by atoms with Gasteiger partial charge in [-0.3, -0.25) is 0 Å². The highest BCUT2D eigenvalue weighted by molar-refractivity contribution is 9.10. The van der Waals surface area contributed by atoms with Crippen LogP contribution in [0, 0.1) is 17.2 Å². The van der Waals surface area contributed by atoms with Gasteiger partial charge in [-0.15, -0.1) is 0 Å². The number of benzene rings is 1. The Morgan fingerprint density at radius 3 is 2.38 bits per heavy atom. The molecule has 0 aromatic heterocycles. The molecular weight excluding hydrogens is 354 g/mol. The minimum atomic E-state index is -3.69. The van der Waals surface area contributed by atoms with Gasteiger partial charge in [0.25, 0.3) is 0 Å². The van der Waals surface area contributed by atoms with Crippen molar-refractivity contribution in [2.45, 2.75) is 23.3 Å². The number of nitriles is 1. The lowest BCUT2D eigenvalue weighted by molar-refractivity contribution is 0.0489. The normalized spacial score (nSPS) is 31.8. The molecule has 1 N–H and O–H groups in total. The molecule has 3 aliphatic rings. The molecule has 0 radical (unpaired) electrons. The highest BCUT2D eigenvalue weighted by atomic mass is 79.9. The Balaban J connectivity index is 1.90. The molecule has 5 nitrogen and oxygen atoms in total. The first kappa shape index (κ1) is 15.0. The van der Waals surface area contributed by atoms with Gasteiger partial charge < -0.3 is 4.90 Å². The van der Waals surface area contributed by atoms with Crippen LogP contribution < -0.4 is 4.72 Å². The van der Waals surface area contributed by atoms with E-state index in [4.69, 9.17) is 0 Å². The molecule has 0 amide bonds. The lowest BCUT2D eigenvalue weighted by Gasteiger charge is -2.49. The first-order chi connectivity index (χ1) is 9.95. The first-order valence-corrected chi connectivity index (χ1v) is 9.16. The van der Waals surface area contributed by atoms with E-state index < -0.39 is 15.6 Å². The number of piperidine rings is 3. The molecule has 112 valence electrons. The predicted octanol–water partition coefficient (Wildman–Crippen LogP) is 1.72. The minimum Gasteiger partial charge on any atom is -0.300 e. The van der Waals surface area contributed by atoms with Crippen molar-refractivity contribution in [1.29, 1.82) is 5.26 Å². The van der Waals surface area contributed by atoms with Gasteiger partial charge in [-0.25, -0.2) is 8.42 Å². The number of nitrogens with one attached hydrogen (secondary N) is 1. The van der Waals surface area contributed by atoms with Gasteiger partial charge in [-0.2, -0.15) is 9.98 Å². The van der Waals surface area contributed by atoms with E-state index in [9.17, 15) is 13.7 Å². The fourth-order valence-electron chi connectivity index (χ4n) is 3.24. The van der Waals surface area contributed by atoms with Crippen molar-refractivity contribution in [2.75, 3.05) is 19.6 Å². The standard InChI is InChI=1S/C14H16BrN3O2S/c15-12-1-3-13(4-2-12)21(19,20)17-14(9-16)10-18-7-5-11(14)6-8-18/h1-4,11,17H,5-8,10H2/t14-/m0/s1. The molecule has 1 atom stereocenters. The molecule has 7 heteroatoms. The molecule has 3 saturated heterocycles. The fraction of sp³-hybridized carbons (Fsp3) is 0.500. The zero-order valence-electron chi connectivity index (χ0n) is 11.4. The topological polar surface area (TPSA) is 73.2 Å². The highest BCUT2D eigenvalue weighted by Gasteiger charge is 2.49. The lowest BCUT2D eigenvalue weighted by Crippen LogP contribution is -2.66. The Bertz CT molecular complexity index is 675. The summed E-state index contributed by atoms with van der Waals surface area (Å²) in [7, 11) is -3.69. The molecule has 1 aromatic rings. The third kappa shape index (κ3) is 2.73. The second-order valence-corrected chi connectivity index (χ2v) is 8.29. The van der Waals surface area contributed by atoms with E-state index in [1.54, 1.807) is 24.3 Å². The second kappa shape index (κ2) is 5.36. The molecule has 4 rings (SSSR count). The lowest BCUT2D eigenvalue weighted by atomic mass is 9.74. The Labute approximate surface area is 133 Å². The van der Waals surface area contributed by atoms with E-state index in [0.717, 1.165) is 30.4 Å². The Hall–Kier alpha value is -0.940. The Morgan fingerprint density at radius 1 is 1.29 bits per heavy atom. The van der Waals surface area contributed by atoms with Crippen LogP contribution in [0.25, 0.3) is 0 Å². The van der Waals surface area contributed by atoms with Gasteiger partial charge in [0.1, 0.15) is 5.54 Å². The van der Waals surface area contributed by atoms with Crippen molar-refractivity contribution in [3.63, 3.8) is 0 Å². The van der Waals surface area contributed by atoms with Crippen molar-refractivity contribution in [1.82, 2.24) is 9.62 Å². The van der Waals surface area contributed by atoms with E-state index >= 15 is 0 Å². The maximum absolute atomic E-state index is 12.6. The number of sulfonamides is 1. The van der Waals surface area contributed by atoms with Crippen LogP contribution >= 0.6 is 15.9 Å². The van der Waals surface area contributed by atoms with Crippen molar-refractivity contribution in [2.24, 2.45) is 5.92 Å². The molecule has 0 unspecified atom stereocenters. The van der Waals surface area contributed by atoms with Crippen LogP contribution in [-0.4, -0.2) is 38.5 Å². The van der Waals surface area contributed by atoms with E-state index in [-0.39, 0.29) is 10.8 Å². The van der Waals surface area contributed by atoms with Crippen molar-refractivity contribution in [3.8, 4) is 6.07 Å². The first-order valence-electron chi connectivity index (χ1n) is 6.88. The zero-order valence-corrected chi connectivity index (χ0v) is 13.8. The summed E-state index contributed by atoms with van der Waals surface area (Å²) in [6.07, 6.45) is 1.74. The summed E-state index contributed by atoms with van der Waals surface area (Å²) < 4.78 is 28.6. The Kier molecular flexibility index (Phi) is 3.82. The third-order valence-electron chi connectivity index (χ3n) is 4.40. The SMILES string of the molecule is N#C[C@]1(NS(=O)(=O)c2ccc(Br)cc2)CN2CCC1CC2. The van der Waals surface area contributed by atoms with Crippen LogP contribution in [0.15, 0.2) is 33.6 Å². The molecule has 1 aromatic carbocycles. The molecule has 3 heterocycles. The average Bonchev–Trinajstić information content (AvgIpc) is 2.48. The number of hydrogen-bond acceptors (Lipinski definition) is 4. The maximum atomic E-state index is 12.6. The van der Waals surface area contributed by atoms with Gasteiger partial charge in [0.2, 0.25) is 10.0 Å². The molecular formula is C14H16BrN3O2S. The van der Waals surface area contributed by atoms with Gasteiger partial charge >= 0.3 is 0 Å². The maximum Gasteiger partial charge on any atom is 0.242 e. The fourth-order valence-corrected chi connectivity index (χ4v) is 4.88. The third-order valence-corrected chi connectivity index (χ3v) is 6.45. The summed E-state index contributed by atoms with van der Waals surface area (Å²) in [5.41, 5.74) is -0.998. The molecule has 0 aliphatic carbocycles. The second-order valence-electron chi connectivity index (χ2n) is 5.69. The van der Waals surface area contributed by atoms with Gasteiger partial charge in [-0.05, 0) is 56.1 Å². The molecule has 3 fully saturated rings. The Morgan fingerprint density at radius 2 is 1.90 bits per heavy atom. The predicted molar refractivity (Wildman–Crippen MR) is 82.0 cm³/mol. The largest absolute Gasteiger partial charge is 0.300 e. The van der Waals surface area contributed by atoms with Crippen molar-refractivity contribution in [3.05, 3.63) is 28.7 Å². The summed E-state index contributed by atoms with van der Waals surface area (Å²) in [6.45, 7) is 2.38. The van der Waals surface area contributed by atoms with Crippen molar-refractivity contribution >= 4 is 26.0 Å². The van der Waals surface area contributed by atoms with Gasteiger partial charge in [0.15, 0.2) is 0 Å². The van der Waals surface area contributed by atoms with Gasteiger partial charge in [0, 0.05) is 11.0 Å². The monoisotopic (exact) mass is 369 g/mol. The summed E-state index contributed by atoms with van der Waals surface area (Å²) in [5.74, 6) is 0.0951. The van der Waals surface area contributed by atoms with Crippen LogP contribution in [0.2, 0.25) is 0 Å². The van der Waals surface area contributed by atoms with Crippen LogP contribution in [0.1, 0.15) is 12.8 Å². The number of rotatable bonds is 3. The molecule has 3 aliphatic heterocycles. The quantitative estimate of drug-likeness (QED) is 0.879. The average molecular weight is 370 g/mol. The smallest absolute Gasteiger partial charge is 0.242 e. The van der Waals surface area contributed by atoms with Crippen LogP contribution in [-0.2, 0) is 10.0 Å². The molecule has 0 spiro atoms. The number of halogens is 1. The van der Waals surface area contributed by atoms with Gasteiger partial charge in [0.05, 0.1) is 11.0 Å². The summed E-state index contributed by atoms with van der Waals surface area (Å²) in [4.78, 5) is 2.35. The number of nitrogens with zero attached hydrogens (tertiary/aromatic N) is 2. The number of fused-ring (bicyclic) bond motifs is 3. The van der Waals surface area contributed by atoms with Crippen LogP contribution in [0.3, 0.4) is 0 Å². The molecule has 2 bridgehead atoms. The molecule has 21 heavy (non-hydrogen) atoms. The molecule has 0 saturated carbocycles. The minimum absolute atomic E-state index is 0.0951. The number of hydrogen-bond donors (Lipinski definition) is 1.